The minimum atomic E-state index is -3.86. The molecule has 0 aliphatic heterocycles. The first kappa shape index (κ1) is 22.9. The van der Waals surface area contributed by atoms with Crippen LogP contribution in [0.2, 0.25) is 0 Å². The summed E-state index contributed by atoms with van der Waals surface area (Å²) in [5.41, 5.74) is 3.47. The molecule has 0 saturated carbocycles. The van der Waals surface area contributed by atoms with E-state index in [4.69, 9.17) is 4.99 Å². The quantitative estimate of drug-likeness (QED) is 0.209. The van der Waals surface area contributed by atoms with E-state index >= 15 is 0 Å². The second-order valence-electron chi connectivity index (χ2n) is 7.83. The third-order valence-electron chi connectivity index (χ3n) is 5.44. The van der Waals surface area contributed by atoms with Crippen LogP contribution < -0.4 is 4.72 Å². The van der Waals surface area contributed by atoms with Gasteiger partial charge in [-0.15, -0.1) is 0 Å². The number of aromatic nitrogens is 1. The monoisotopic (exact) mass is 545 g/mol. The van der Waals surface area contributed by atoms with E-state index in [1.165, 1.54) is 6.07 Å². The van der Waals surface area contributed by atoms with Gasteiger partial charge in [0.05, 0.1) is 21.9 Å². The number of hydrogen-bond acceptors (Lipinski definition) is 4. The van der Waals surface area contributed by atoms with E-state index in [-0.39, 0.29) is 10.8 Å². The number of hydrogen-bond donors (Lipinski definition) is 3. The second kappa shape index (κ2) is 9.40. The van der Waals surface area contributed by atoms with Gasteiger partial charge >= 0.3 is 0 Å². The molecule has 0 fully saturated rings. The van der Waals surface area contributed by atoms with E-state index in [2.05, 4.69) is 25.6 Å². The van der Waals surface area contributed by atoms with E-state index in [1.54, 1.807) is 36.4 Å². The lowest BCUT2D eigenvalue weighted by molar-refractivity contribution is 0.457. The zero-order valence-corrected chi connectivity index (χ0v) is 20.7. The lowest BCUT2D eigenvalue weighted by Crippen LogP contribution is -2.12. The number of nitrogens with one attached hydrogen (secondary N) is 2. The Balaban J connectivity index is 1.67. The molecular weight excluding hydrogens is 526 g/mol. The van der Waals surface area contributed by atoms with Crippen molar-refractivity contribution in [1.29, 1.82) is 0 Å². The van der Waals surface area contributed by atoms with E-state index in [0.29, 0.717) is 33.6 Å². The Kier molecular flexibility index (Phi) is 6.15. The molecule has 5 aromatic rings. The SMILES string of the molecule is O=S(=O)(Nc1ccccc1)c1ccc2[nH]c(O)c(C(=Nc3ccc(Br)cc3)c3ccccc3)c2c1. The molecule has 1 aromatic heterocycles. The van der Waals surface area contributed by atoms with Gasteiger partial charge in [0, 0.05) is 26.6 Å². The van der Waals surface area contributed by atoms with Gasteiger partial charge in [-0.05, 0) is 54.6 Å². The number of para-hydroxylation sites is 1. The summed E-state index contributed by atoms with van der Waals surface area (Å²) in [5.74, 6) is -0.0923. The maximum Gasteiger partial charge on any atom is 0.261 e. The van der Waals surface area contributed by atoms with E-state index < -0.39 is 10.0 Å². The van der Waals surface area contributed by atoms with Gasteiger partial charge < -0.3 is 10.1 Å². The first-order chi connectivity index (χ1) is 16.9. The van der Waals surface area contributed by atoms with Crippen molar-refractivity contribution in [2.24, 2.45) is 4.99 Å². The van der Waals surface area contributed by atoms with E-state index in [9.17, 15) is 13.5 Å². The van der Waals surface area contributed by atoms with Gasteiger partial charge in [-0.3, -0.25) is 4.72 Å². The lowest BCUT2D eigenvalue weighted by Gasteiger charge is -2.10. The highest BCUT2D eigenvalue weighted by Gasteiger charge is 2.22. The normalized spacial score (nSPS) is 12.1. The largest absolute Gasteiger partial charge is 0.494 e. The highest BCUT2D eigenvalue weighted by atomic mass is 79.9. The van der Waals surface area contributed by atoms with Crippen LogP contribution in [-0.2, 0) is 10.0 Å². The number of rotatable bonds is 6. The predicted molar refractivity (Wildman–Crippen MR) is 143 cm³/mol. The summed E-state index contributed by atoms with van der Waals surface area (Å²) in [6, 6.07) is 30.3. The molecule has 5 rings (SSSR count). The number of sulfonamides is 1. The van der Waals surface area contributed by atoms with E-state index in [0.717, 1.165) is 10.0 Å². The summed E-state index contributed by atoms with van der Waals surface area (Å²) in [7, 11) is -3.86. The molecule has 4 aromatic carbocycles. The first-order valence-electron chi connectivity index (χ1n) is 10.7. The highest BCUT2D eigenvalue weighted by molar-refractivity contribution is 9.10. The number of aromatic amines is 1. The van der Waals surface area contributed by atoms with Crippen LogP contribution in [-0.4, -0.2) is 24.2 Å². The average Bonchev–Trinajstić information content (AvgIpc) is 3.19. The number of aliphatic imine (C=N–C) groups is 1. The van der Waals surface area contributed by atoms with Crippen molar-refractivity contribution in [2.45, 2.75) is 4.90 Å². The molecule has 35 heavy (non-hydrogen) atoms. The third kappa shape index (κ3) is 4.84. The molecule has 0 spiro atoms. The Labute approximate surface area is 211 Å². The maximum absolute atomic E-state index is 13.1. The van der Waals surface area contributed by atoms with Gasteiger partial charge in [0.1, 0.15) is 0 Å². The topological polar surface area (TPSA) is 94.5 Å². The molecular formula is C27H20BrN3O3S. The Morgan fingerprint density at radius 2 is 1.51 bits per heavy atom. The van der Waals surface area contributed by atoms with Crippen molar-refractivity contribution in [3.05, 3.63) is 119 Å². The maximum atomic E-state index is 13.1. The molecule has 0 aliphatic rings. The van der Waals surface area contributed by atoms with Crippen molar-refractivity contribution < 1.29 is 13.5 Å². The molecule has 174 valence electrons. The standard InChI is InChI=1S/C27H20BrN3O3S/c28-19-11-13-20(14-12-19)29-26(18-7-3-1-4-8-18)25-23-17-22(15-16-24(23)30-27(25)32)35(33,34)31-21-9-5-2-6-10-21/h1-17,30-32H. The lowest BCUT2D eigenvalue weighted by atomic mass is 10.0. The summed E-state index contributed by atoms with van der Waals surface area (Å²) in [4.78, 5) is 7.86. The zero-order valence-electron chi connectivity index (χ0n) is 18.3. The van der Waals surface area contributed by atoms with Gasteiger partial charge in [0.2, 0.25) is 0 Å². The van der Waals surface area contributed by atoms with Crippen LogP contribution in [0.1, 0.15) is 11.1 Å². The van der Waals surface area contributed by atoms with Gasteiger partial charge in [-0.25, -0.2) is 13.4 Å². The van der Waals surface area contributed by atoms with Gasteiger partial charge in [0.25, 0.3) is 10.0 Å². The number of aromatic hydroxyl groups is 1. The number of halogens is 1. The second-order valence-corrected chi connectivity index (χ2v) is 10.4. The first-order valence-corrected chi connectivity index (χ1v) is 13.0. The van der Waals surface area contributed by atoms with Crippen LogP contribution in [0.3, 0.4) is 0 Å². The molecule has 0 amide bonds. The van der Waals surface area contributed by atoms with Gasteiger partial charge in [-0.1, -0.05) is 64.5 Å². The summed E-state index contributed by atoms with van der Waals surface area (Å²) in [6.07, 6.45) is 0. The Hall–Kier alpha value is -3.88. The molecule has 0 aliphatic carbocycles. The van der Waals surface area contributed by atoms with Crippen molar-refractivity contribution in [1.82, 2.24) is 4.98 Å². The van der Waals surface area contributed by atoms with Gasteiger partial charge in [-0.2, -0.15) is 0 Å². The number of H-pyrrole nitrogens is 1. The molecule has 1 heterocycles. The molecule has 0 bridgehead atoms. The van der Waals surface area contributed by atoms with Crippen LogP contribution in [0.15, 0.2) is 117 Å². The minimum absolute atomic E-state index is 0.0742. The summed E-state index contributed by atoms with van der Waals surface area (Å²) in [5, 5.41) is 11.4. The third-order valence-corrected chi connectivity index (χ3v) is 7.35. The summed E-state index contributed by atoms with van der Waals surface area (Å²) < 4.78 is 29.7. The summed E-state index contributed by atoms with van der Waals surface area (Å²) in [6.45, 7) is 0. The van der Waals surface area contributed by atoms with Crippen LogP contribution in [0.5, 0.6) is 5.88 Å². The zero-order chi connectivity index (χ0) is 24.4. The van der Waals surface area contributed by atoms with Gasteiger partial charge in [0.15, 0.2) is 5.88 Å². The fourth-order valence-electron chi connectivity index (χ4n) is 3.79. The van der Waals surface area contributed by atoms with Crippen LogP contribution in [0.25, 0.3) is 10.9 Å². The number of fused-ring (bicyclic) bond motifs is 1. The fraction of sp³-hybridized carbons (Fsp3) is 0. The van der Waals surface area contributed by atoms with Crippen LogP contribution in [0.4, 0.5) is 11.4 Å². The van der Waals surface area contributed by atoms with Crippen LogP contribution in [0, 0.1) is 0 Å². The highest BCUT2D eigenvalue weighted by Crippen LogP contribution is 2.33. The predicted octanol–water partition coefficient (Wildman–Crippen LogP) is 6.61. The minimum Gasteiger partial charge on any atom is -0.494 e. The van der Waals surface area contributed by atoms with Crippen molar-refractivity contribution >= 4 is 53.9 Å². The average molecular weight is 546 g/mol. The molecule has 0 saturated heterocycles. The molecule has 0 atom stereocenters. The van der Waals surface area contributed by atoms with Crippen molar-refractivity contribution in [3.63, 3.8) is 0 Å². The Bertz CT molecular complexity index is 1630. The summed E-state index contributed by atoms with van der Waals surface area (Å²) >= 11 is 3.43. The smallest absolute Gasteiger partial charge is 0.261 e. The Morgan fingerprint density at radius 3 is 2.20 bits per heavy atom. The molecule has 3 N–H and O–H groups in total. The van der Waals surface area contributed by atoms with Crippen molar-refractivity contribution in [3.8, 4) is 5.88 Å². The number of nitrogens with zero attached hydrogens (tertiary/aromatic N) is 1. The Morgan fingerprint density at radius 1 is 0.857 bits per heavy atom. The molecule has 0 unspecified atom stereocenters. The van der Waals surface area contributed by atoms with E-state index in [1.807, 2.05) is 60.7 Å². The number of anilines is 1. The van der Waals surface area contributed by atoms with Crippen molar-refractivity contribution in [2.75, 3.05) is 4.72 Å². The molecule has 8 heteroatoms. The number of benzene rings is 4. The fourth-order valence-corrected chi connectivity index (χ4v) is 5.14. The van der Waals surface area contributed by atoms with Crippen LogP contribution >= 0.6 is 15.9 Å². The molecule has 6 nitrogen and oxygen atoms in total. The molecule has 0 radical (unpaired) electrons.